The Morgan fingerprint density at radius 3 is 2.42 bits per heavy atom. The van der Waals surface area contributed by atoms with Crippen LogP contribution in [0, 0.1) is 0 Å². The molecule has 0 spiro atoms. The molecular weight excluding hydrogens is 328 g/mol. The van der Waals surface area contributed by atoms with Crippen LogP contribution in [0.1, 0.15) is 41.6 Å². The van der Waals surface area contributed by atoms with Crippen LogP contribution >= 0.6 is 0 Å². The fourth-order valence-electron chi connectivity index (χ4n) is 4.22. The van der Waals surface area contributed by atoms with Crippen LogP contribution in [-0.4, -0.2) is 62.1 Å². The van der Waals surface area contributed by atoms with E-state index < -0.39 is 0 Å². The Hall–Kier alpha value is -2.01. The number of ether oxygens (including phenoxy) is 2. The van der Waals surface area contributed by atoms with Gasteiger partial charge in [0.15, 0.2) is 11.5 Å². The van der Waals surface area contributed by atoms with Gasteiger partial charge in [-0.15, -0.1) is 6.58 Å². The standard InChI is InChI=1S/C21H30N2O3/c1-4-7-16-14-17(15-19(25-2)20(16)26-3)21(24)23-12-10-22(11-13-23)18-8-5-6-9-18/h4,14-15,18H,1,5-13H2,2-3H3. The topological polar surface area (TPSA) is 42.0 Å². The molecule has 142 valence electrons. The Kier molecular flexibility index (Phi) is 6.20. The van der Waals surface area contributed by atoms with Crippen molar-refractivity contribution in [3.8, 4) is 11.5 Å². The number of amides is 1. The zero-order valence-corrected chi connectivity index (χ0v) is 16.0. The molecule has 0 bridgehead atoms. The minimum absolute atomic E-state index is 0.0716. The summed E-state index contributed by atoms with van der Waals surface area (Å²) < 4.78 is 10.9. The number of carbonyl (C=O) groups excluding carboxylic acids is 1. The van der Waals surface area contributed by atoms with E-state index in [-0.39, 0.29) is 5.91 Å². The van der Waals surface area contributed by atoms with E-state index in [1.54, 1.807) is 20.3 Å². The molecule has 3 rings (SSSR count). The molecule has 1 aromatic carbocycles. The molecule has 1 aromatic rings. The zero-order valence-electron chi connectivity index (χ0n) is 16.0. The molecule has 0 aromatic heterocycles. The zero-order chi connectivity index (χ0) is 18.5. The molecule has 26 heavy (non-hydrogen) atoms. The lowest BCUT2D eigenvalue weighted by atomic mass is 10.0. The number of allylic oxidation sites excluding steroid dienone is 1. The van der Waals surface area contributed by atoms with Crippen LogP contribution < -0.4 is 9.47 Å². The Morgan fingerprint density at radius 1 is 1.15 bits per heavy atom. The molecule has 1 aliphatic heterocycles. The Morgan fingerprint density at radius 2 is 1.85 bits per heavy atom. The number of hydrogen-bond donors (Lipinski definition) is 0. The third kappa shape index (κ3) is 3.88. The Balaban J connectivity index is 1.73. The highest BCUT2D eigenvalue weighted by Crippen LogP contribution is 2.34. The van der Waals surface area contributed by atoms with E-state index in [0.29, 0.717) is 23.5 Å². The number of hydrogen-bond acceptors (Lipinski definition) is 4. The fraction of sp³-hybridized carbons (Fsp3) is 0.571. The molecule has 1 saturated heterocycles. The molecular formula is C21H30N2O3. The predicted octanol–water partition coefficient (Wildman–Crippen LogP) is 3.13. The van der Waals surface area contributed by atoms with E-state index in [1.165, 1.54) is 25.7 Å². The van der Waals surface area contributed by atoms with Crippen LogP contribution in [0.3, 0.4) is 0 Å². The van der Waals surface area contributed by atoms with Crippen LogP contribution in [-0.2, 0) is 6.42 Å². The first kappa shape index (κ1) is 18.8. The number of benzene rings is 1. The third-order valence-electron chi connectivity index (χ3n) is 5.61. The van der Waals surface area contributed by atoms with Gasteiger partial charge in [-0.25, -0.2) is 0 Å². The van der Waals surface area contributed by atoms with E-state index in [4.69, 9.17) is 9.47 Å². The third-order valence-corrected chi connectivity index (χ3v) is 5.61. The highest BCUT2D eigenvalue weighted by atomic mass is 16.5. The minimum atomic E-state index is 0.0716. The van der Waals surface area contributed by atoms with Crippen molar-refractivity contribution in [2.45, 2.75) is 38.1 Å². The molecule has 0 atom stereocenters. The van der Waals surface area contributed by atoms with Gasteiger partial charge in [0.2, 0.25) is 0 Å². The SMILES string of the molecule is C=CCc1cc(C(=O)N2CCN(C3CCCC3)CC2)cc(OC)c1OC. The highest BCUT2D eigenvalue weighted by molar-refractivity contribution is 5.95. The highest BCUT2D eigenvalue weighted by Gasteiger charge is 2.28. The maximum atomic E-state index is 13.0. The van der Waals surface area contributed by atoms with Crippen molar-refractivity contribution in [2.75, 3.05) is 40.4 Å². The van der Waals surface area contributed by atoms with E-state index in [9.17, 15) is 4.79 Å². The van der Waals surface area contributed by atoms with Gasteiger partial charge in [-0.1, -0.05) is 18.9 Å². The summed E-state index contributed by atoms with van der Waals surface area (Å²) in [6.45, 7) is 7.34. The van der Waals surface area contributed by atoms with Crippen molar-refractivity contribution in [1.82, 2.24) is 9.80 Å². The van der Waals surface area contributed by atoms with E-state index in [2.05, 4.69) is 11.5 Å². The average Bonchev–Trinajstić information content (AvgIpc) is 3.22. The van der Waals surface area contributed by atoms with Crippen molar-refractivity contribution in [3.05, 3.63) is 35.9 Å². The van der Waals surface area contributed by atoms with Gasteiger partial charge in [0.05, 0.1) is 14.2 Å². The van der Waals surface area contributed by atoms with E-state index >= 15 is 0 Å². The number of methoxy groups -OCH3 is 2. The molecule has 1 heterocycles. The van der Waals surface area contributed by atoms with Crippen molar-refractivity contribution in [2.24, 2.45) is 0 Å². The molecule has 1 amide bonds. The quantitative estimate of drug-likeness (QED) is 0.733. The summed E-state index contributed by atoms with van der Waals surface area (Å²) >= 11 is 0. The summed E-state index contributed by atoms with van der Waals surface area (Å²) in [5, 5.41) is 0. The molecule has 2 fully saturated rings. The lowest BCUT2D eigenvalue weighted by molar-refractivity contribution is 0.0573. The van der Waals surface area contributed by atoms with Crippen molar-refractivity contribution < 1.29 is 14.3 Å². The molecule has 2 aliphatic rings. The van der Waals surface area contributed by atoms with Gasteiger partial charge < -0.3 is 14.4 Å². The first-order valence-electron chi connectivity index (χ1n) is 9.57. The van der Waals surface area contributed by atoms with Gasteiger partial charge in [0, 0.05) is 43.3 Å². The molecule has 5 nitrogen and oxygen atoms in total. The van der Waals surface area contributed by atoms with Gasteiger partial charge in [-0.2, -0.15) is 0 Å². The summed E-state index contributed by atoms with van der Waals surface area (Å²) in [5.74, 6) is 1.34. The largest absolute Gasteiger partial charge is 0.493 e. The van der Waals surface area contributed by atoms with Crippen LogP contribution in [0.4, 0.5) is 0 Å². The smallest absolute Gasteiger partial charge is 0.254 e. The summed E-state index contributed by atoms with van der Waals surface area (Å²) in [6, 6.07) is 4.43. The Bertz CT molecular complexity index is 645. The molecule has 1 aliphatic carbocycles. The monoisotopic (exact) mass is 358 g/mol. The fourth-order valence-corrected chi connectivity index (χ4v) is 4.22. The predicted molar refractivity (Wildman–Crippen MR) is 103 cm³/mol. The van der Waals surface area contributed by atoms with Gasteiger partial charge in [-0.3, -0.25) is 9.69 Å². The Labute approximate surface area is 156 Å². The summed E-state index contributed by atoms with van der Waals surface area (Å²) in [4.78, 5) is 17.6. The molecule has 1 saturated carbocycles. The van der Waals surface area contributed by atoms with Crippen molar-refractivity contribution in [1.29, 1.82) is 0 Å². The van der Waals surface area contributed by atoms with Crippen molar-refractivity contribution in [3.63, 3.8) is 0 Å². The van der Waals surface area contributed by atoms with E-state index in [1.807, 2.05) is 17.0 Å². The number of piperazine rings is 1. The second kappa shape index (κ2) is 8.58. The first-order chi connectivity index (χ1) is 12.7. The summed E-state index contributed by atoms with van der Waals surface area (Å²) in [5.41, 5.74) is 1.59. The van der Waals surface area contributed by atoms with Crippen LogP contribution in [0.2, 0.25) is 0 Å². The lowest BCUT2D eigenvalue weighted by Gasteiger charge is -2.38. The van der Waals surface area contributed by atoms with Crippen molar-refractivity contribution >= 4 is 5.91 Å². The average molecular weight is 358 g/mol. The minimum Gasteiger partial charge on any atom is -0.493 e. The molecule has 0 N–H and O–H groups in total. The number of carbonyl (C=O) groups is 1. The van der Waals surface area contributed by atoms with Crippen LogP contribution in [0.15, 0.2) is 24.8 Å². The van der Waals surface area contributed by atoms with E-state index in [0.717, 1.165) is 37.8 Å². The maximum Gasteiger partial charge on any atom is 0.254 e. The normalized spacial score (nSPS) is 18.8. The van der Waals surface area contributed by atoms with Crippen LogP contribution in [0.25, 0.3) is 0 Å². The number of nitrogens with zero attached hydrogens (tertiary/aromatic N) is 2. The molecule has 5 heteroatoms. The maximum absolute atomic E-state index is 13.0. The second-order valence-electron chi connectivity index (χ2n) is 7.13. The summed E-state index contributed by atoms with van der Waals surface area (Å²) in [6.07, 6.45) is 7.77. The number of rotatable bonds is 6. The van der Waals surface area contributed by atoms with Gasteiger partial charge in [0.1, 0.15) is 0 Å². The summed E-state index contributed by atoms with van der Waals surface area (Å²) in [7, 11) is 3.22. The van der Waals surface area contributed by atoms with Gasteiger partial charge >= 0.3 is 0 Å². The van der Waals surface area contributed by atoms with Crippen LogP contribution in [0.5, 0.6) is 11.5 Å². The molecule has 0 unspecified atom stereocenters. The van der Waals surface area contributed by atoms with Gasteiger partial charge in [-0.05, 0) is 31.4 Å². The first-order valence-corrected chi connectivity index (χ1v) is 9.57. The lowest BCUT2D eigenvalue weighted by Crippen LogP contribution is -2.51. The molecule has 0 radical (unpaired) electrons. The van der Waals surface area contributed by atoms with Gasteiger partial charge in [0.25, 0.3) is 5.91 Å². The second-order valence-corrected chi connectivity index (χ2v) is 7.13.